The lowest BCUT2D eigenvalue weighted by Crippen LogP contribution is -2.19. The monoisotopic (exact) mass is 270 g/mol. The third kappa shape index (κ3) is 3.70. The number of aryl methyl sites for hydroxylation is 1. The topological polar surface area (TPSA) is 51.2 Å². The zero-order chi connectivity index (χ0) is 13.5. The van der Waals surface area contributed by atoms with Crippen LogP contribution in [-0.4, -0.2) is 23.0 Å². The van der Waals surface area contributed by atoms with E-state index in [1.54, 1.807) is 0 Å². The number of carbonyl (C=O) groups is 1. The number of nitrogens with one attached hydrogen (secondary N) is 1. The quantitative estimate of drug-likeness (QED) is 0.769. The van der Waals surface area contributed by atoms with E-state index in [1.807, 2.05) is 13.8 Å². The smallest absolute Gasteiger partial charge is 0.343 e. The third-order valence-corrected chi connectivity index (χ3v) is 3.68. The summed E-state index contributed by atoms with van der Waals surface area (Å²) in [6.07, 6.45) is 3.25. The van der Waals surface area contributed by atoms with E-state index in [1.165, 1.54) is 11.5 Å². The van der Waals surface area contributed by atoms with Crippen molar-refractivity contribution in [3.8, 4) is 0 Å². The van der Waals surface area contributed by atoms with Crippen LogP contribution >= 0.6 is 11.5 Å². The molecule has 0 aliphatic carbocycles. The summed E-state index contributed by atoms with van der Waals surface area (Å²) in [5, 5.41) is 4.25. The number of hydrogen-bond acceptors (Lipinski definition) is 5. The summed E-state index contributed by atoms with van der Waals surface area (Å²) in [7, 11) is 0. The average molecular weight is 270 g/mol. The molecular formula is C13H22N2O2S. The van der Waals surface area contributed by atoms with Gasteiger partial charge in [0.05, 0.1) is 12.3 Å². The zero-order valence-corrected chi connectivity index (χ0v) is 12.4. The minimum Gasteiger partial charge on any atom is -0.462 e. The molecule has 0 saturated heterocycles. The summed E-state index contributed by atoms with van der Waals surface area (Å²) >= 11 is 1.34. The van der Waals surface area contributed by atoms with Crippen LogP contribution in [-0.2, 0) is 4.74 Å². The minimum atomic E-state index is -0.280. The van der Waals surface area contributed by atoms with Crippen LogP contribution in [0.4, 0.5) is 5.00 Å². The third-order valence-electron chi connectivity index (χ3n) is 2.81. The van der Waals surface area contributed by atoms with Gasteiger partial charge in [0.25, 0.3) is 0 Å². The molecule has 1 N–H and O–H groups in total. The molecule has 0 bridgehead atoms. The van der Waals surface area contributed by atoms with Gasteiger partial charge >= 0.3 is 5.97 Å². The van der Waals surface area contributed by atoms with Crippen LogP contribution < -0.4 is 5.32 Å². The number of anilines is 1. The van der Waals surface area contributed by atoms with Crippen LogP contribution in [0.15, 0.2) is 0 Å². The van der Waals surface area contributed by atoms with Crippen molar-refractivity contribution in [2.24, 2.45) is 0 Å². The van der Waals surface area contributed by atoms with E-state index < -0.39 is 0 Å². The Bertz CT molecular complexity index is 390. The predicted octanol–water partition coefficient (Wildman–Crippen LogP) is 3.62. The Hall–Kier alpha value is -1.10. The molecule has 0 saturated carbocycles. The second-order valence-corrected chi connectivity index (χ2v) is 5.00. The fraction of sp³-hybridized carbons (Fsp3) is 0.692. The molecular weight excluding hydrogens is 248 g/mol. The molecule has 0 aromatic carbocycles. The van der Waals surface area contributed by atoms with Crippen LogP contribution in [0.25, 0.3) is 0 Å². The van der Waals surface area contributed by atoms with E-state index in [2.05, 4.69) is 23.5 Å². The van der Waals surface area contributed by atoms with Crippen molar-refractivity contribution in [3.05, 3.63) is 11.3 Å². The van der Waals surface area contributed by atoms with Gasteiger partial charge < -0.3 is 10.1 Å². The van der Waals surface area contributed by atoms with E-state index in [4.69, 9.17) is 4.74 Å². The Morgan fingerprint density at radius 3 is 2.72 bits per heavy atom. The number of carbonyl (C=O) groups excluding carboxylic acids is 1. The van der Waals surface area contributed by atoms with Gasteiger partial charge in [-0.25, -0.2) is 4.79 Å². The van der Waals surface area contributed by atoms with Crippen molar-refractivity contribution in [1.82, 2.24) is 4.37 Å². The van der Waals surface area contributed by atoms with Crippen molar-refractivity contribution in [3.63, 3.8) is 0 Å². The van der Waals surface area contributed by atoms with Crippen molar-refractivity contribution in [2.75, 3.05) is 11.9 Å². The molecule has 0 aliphatic heterocycles. The fourth-order valence-corrected chi connectivity index (χ4v) is 2.69. The second kappa shape index (κ2) is 7.36. The lowest BCUT2D eigenvalue weighted by atomic mass is 10.1. The molecule has 1 rings (SSSR count). The first-order valence-corrected chi connectivity index (χ1v) is 7.31. The molecule has 5 heteroatoms. The van der Waals surface area contributed by atoms with Gasteiger partial charge in [-0.05, 0) is 38.2 Å². The molecule has 0 fully saturated rings. The van der Waals surface area contributed by atoms with Crippen LogP contribution in [0, 0.1) is 6.92 Å². The molecule has 4 nitrogen and oxygen atoms in total. The van der Waals surface area contributed by atoms with Gasteiger partial charge in [0, 0.05) is 6.04 Å². The molecule has 0 amide bonds. The van der Waals surface area contributed by atoms with Crippen molar-refractivity contribution in [1.29, 1.82) is 0 Å². The molecule has 1 aromatic rings. The average Bonchev–Trinajstić information content (AvgIpc) is 2.70. The number of nitrogens with zero attached hydrogens (tertiary/aromatic N) is 1. The Balaban J connectivity index is 2.85. The van der Waals surface area contributed by atoms with Crippen molar-refractivity contribution < 1.29 is 9.53 Å². The largest absolute Gasteiger partial charge is 0.462 e. The van der Waals surface area contributed by atoms with Crippen molar-refractivity contribution in [2.45, 2.75) is 53.0 Å². The van der Waals surface area contributed by atoms with E-state index in [9.17, 15) is 4.79 Å². The maximum Gasteiger partial charge on any atom is 0.343 e. The number of rotatable bonds is 7. The molecule has 1 heterocycles. The van der Waals surface area contributed by atoms with Crippen LogP contribution in [0.3, 0.4) is 0 Å². The first kappa shape index (κ1) is 15.0. The van der Waals surface area contributed by atoms with Gasteiger partial charge in [0.15, 0.2) is 0 Å². The van der Waals surface area contributed by atoms with Gasteiger partial charge in [-0.2, -0.15) is 4.37 Å². The second-order valence-electron chi connectivity index (χ2n) is 4.23. The number of hydrogen-bond donors (Lipinski definition) is 1. The minimum absolute atomic E-state index is 0.280. The highest BCUT2D eigenvalue weighted by atomic mass is 32.1. The predicted molar refractivity (Wildman–Crippen MR) is 75.4 cm³/mol. The summed E-state index contributed by atoms with van der Waals surface area (Å²) in [6.45, 7) is 8.35. The van der Waals surface area contributed by atoms with E-state index in [-0.39, 0.29) is 5.97 Å². The molecule has 0 aliphatic rings. The molecule has 1 atom stereocenters. The summed E-state index contributed by atoms with van der Waals surface area (Å²) in [6, 6.07) is 0.392. The number of esters is 1. The van der Waals surface area contributed by atoms with Gasteiger partial charge in [-0.15, -0.1) is 0 Å². The van der Waals surface area contributed by atoms with E-state index in [0.29, 0.717) is 18.2 Å². The highest BCUT2D eigenvalue weighted by Gasteiger charge is 2.21. The fourth-order valence-electron chi connectivity index (χ4n) is 1.82. The number of aromatic nitrogens is 1. The van der Waals surface area contributed by atoms with Crippen LogP contribution in [0.1, 0.15) is 56.1 Å². The normalized spacial score (nSPS) is 12.2. The summed E-state index contributed by atoms with van der Waals surface area (Å²) in [5.74, 6) is -0.280. The molecule has 1 aromatic heterocycles. The van der Waals surface area contributed by atoms with Gasteiger partial charge in [0.1, 0.15) is 10.6 Å². The molecule has 0 spiro atoms. The highest BCUT2D eigenvalue weighted by molar-refractivity contribution is 7.10. The molecule has 1 unspecified atom stereocenters. The van der Waals surface area contributed by atoms with Gasteiger partial charge in [0.2, 0.25) is 0 Å². The molecule has 18 heavy (non-hydrogen) atoms. The Labute approximate surface area is 113 Å². The first-order valence-electron chi connectivity index (χ1n) is 6.53. The first-order chi connectivity index (χ1) is 8.63. The lowest BCUT2D eigenvalue weighted by molar-refractivity contribution is 0.0527. The molecule has 102 valence electrons. The maximum absolute atomic E-state index is 11.9. The van der Waals surface area contributed by atoms with Gasteiger partial charge in [-0.3, -0.25) is 0 Å². The summed E-state index contributed by atoms with van der Waals surface area (Å²) < 4.78 is 9.32. The van der Waals surface area contributed by atoms with Gasteiger partial charge in [-0.1, -0.05) is 20.3 Å². The Morgan fingerprint density at radius 2 is 2.17 bits per heavy atom. The molecule has 0 radical (unpaired) electrons. The van der Waals surface area contributed by atoms with E-state index in [0.717, 1.165) is 30.0 Å². The Kier molecular flexibility index (Phi) is 6.12. The maximum atomic E-state index is 11.9. The lowest BCUT2D eigenvalue weighted by Gasteiger charge is -2.16. The van der Waals surface area contributed by atoms with Crippen molar-refractivity contribution >= 4 is 22.5 Å². The number of ether oxygens (including phenoxy) is 1. The van der Waals surface area contributed by atoms with Crippen LogP contribution in [0.5, 0.6) is 0 Å². The van der Waals surface area contributed by atoms with E-state index >= 15 is 0 Å². The standard InChI is InChI=1S/C13H22N2O2S/c1-5-8-10(6-2)14-12-11(9(4)15-18-12)13(16)17-7-3/h10,14H,5-8H2,1-4H3. The summed E-state index contributed by atoms with van der Waals surface area (Å²) in [4.78, 5) is 11.9. The SMILES string of the molecule is CCCC(CC)Nc1snc(C)c1C(=O)OCC. The van der Waals surface area contributed by atoms with Crippen LogP contribution in [0.2, 0.25) is 0 Å². The highest BCUT2D eigenvalue weighted by Crippen LogP contribution is 2.27. The Morgan fingerprint density at radius 1 is 1.44 bits per heavy atom. The zero-order valence-electron chi connectivity index (χ0n) is 11.6. The summed E-state index contributed by atoms with van der Waals surface area (Å²) in [5.41, 5.74) is 1.34.